The van der Waals surface area contributed by atoms with Gasteiger partial charge < -0.3 is 10.2 Å². The first-order valence-electron chi connectivity index (χ1n) is 4.52. The van der Waals surface area contributed by atoms with Gasteiger partial charge >= 0.3 is 0 Å². The number of nitrogens with zero attached hydrogens (tertiary/aromatic N) is 1. The molecule has 0 saturated heterocycles. The van der Waals surface area contributed by atoms with E-state index in [1.807, 2.05) is 13.0 Å². The highest BCUT2D eigenvalue weighted by molar-refractivity contribution is 5.89. The van der Waals surface area contributed by atoms with Gasteiger partial charge in [-0.15, -0.1) is 0 Å². The summed E-state index contributed by atoms with van der Waals surface area (Å²) < 4.78 is 0. The van der Waals surface area contributed by atoms with E-state index in [1.165, 1.54) is 12.1 Å². The molecule has 0 amide bonds. The van der Waals surface area contributed by atoms with Crippen molar-refractivity contribution in [2.24, 2.45) is 0 Å². The fourth-order valence-electron chi connectivity index (χ4n) is 1.43. The molecular formula is C11H11NO2. The maximum absolute atomic E-state index is 9.56. The van der Waals surface area contributed by atoms with Crippen molar-refractivity contribution in [2.45, 2.75) is 13.3 Å². The van der Waals surface area contributed by atoms with E-state index >= 15 is 0 Å². The number of fused-ring (bicyclic) bond motifs is 1. The Morgan fingerprint density at radius 3 is 2.64 bits per heavy atom. The molecule has 1 aromatic heterocycles. The average Bonchev–Trinajstić information content (AvgIpc) is 2.23. The quantitative estimate of drug-likeness (QED) is 0.676. The first kappa shape index (κ1) is 8.81. The van der Waals surface area contributed by atoms with Crippen LogP contribution in [0.15, 0.2) is 24.4 Å². The van der Waals surface area contributed by atoms with E-state index in [0.717, 1.165) is 12.0 Å². The normalized spacial score (nSPS) is 10.6. The number of aromatic nitrogens is 1. The third kappa shape index (κ3) is 1.27. The maximum atomic E-state index is 9.56. The summed E-state index contributed by atoms with van der Waals surface area (Å²) in [6.45, 7) is 2.02. The molecule has 2 aromatic rings. The molecule has 0 spiro atoms. The zero-order valence-electron chi connectivity index (χ0n) is 7.86. The highest BCUT2D eigenvalue weighted by Crippen LogP contribution is 2.30. The third-order valence-electron chi connectivity index (χ3n) is 2.27. The Hall–Kier alpha value is -1.77. The van der Waals surface area contributed by atoms with E-state index in [-0.39, 0.29) is 11.5 Å². The number of rotatable bonds is 1. The summed E-state index contributed by atoms with van der Waals surface area (Å²) in [6.07, 6.45) is 2.57. The van der Waals surface area contributed by atoms with Gasteiger partial charge in [0.05, 0.1) is 0 Å². The van der Waals surface area contributed by atoms with Crippen molar-refractivity contribution in [2.75, 3.05) is 0 Å². The molecule has 3 nitrogen and oxygen atoms in total. The van der Waals surface area contributed by atoms with Crippen LogP contribution in [-0.2, 0) is 6.42 Å². The highest BCUT2D eigenvalue weighted by atomic mass is 16.3. The molecule has 72 valence electrons. The lowest BCUT2D eigenvalue weighted by Crippen LogP contribution is -1.85. The van der Waals surface area contributed by atoms with Gasteiger partial charge in [-0.25, -0.2) is 0 Å². The number of phenols is 2. The lowest BCUT2D eigenvalue weighted by molar-refractivity contribution is 0.468. The molecule has 2 rings (SSSR count). The van der Waals surface area contributed by atoms with Crippen LogP contribution in [0.2, 0.25) is 0 Å². The van der Waals surface area contributed by atoms with Crippen LogP contribution >= 0.6 is 0 Å². The van der Waals surface area contributed by atoms with Crippen LogP contribution in [-0.4, -0.2) is 15.2 Å². The Bertz CT molecular complexity index is 480. The van der Waals surface area contributed by atoms with Crippen molar-refractivity contribution in [3.63, 3.8) is 0 Å². The van der Waals surface area contributed by atoms with Gasteiger partial charge in [-0.3, -0.25) is 4.98 Å². The van der Waals surface area contributed by atoms with Gasteiger partial charge in [0.1, 0.15) is 17.0 Å². The predicted molar refractivity (Wildman–Crippen MR) is 54.5 cm³/mol. The predicted octanol–water partition coefficient (Wildman–Crippen LogP) is 2.21. The lowest BCUT2D eigenvalue weighted by atomic mass is 10.1. The van der Waals surface area contributed by atoms with Crippen LogP contribution < -0.4 is 0 Å². The molecule has 14 heavy (non-hydrogen) atoms. The SMILES string of the molecule is CCc1cnc2c(O)ccc(O)c2c1. The summed E-state index contributed by atoms with van der Waals surface area (Å²) in [5, 5.41) is 19.7. The van der Waals surface area contributed by atoms with Crippen LogP contribution in [0.1, 0.15) is 12.5 Å². The van der Waals surface area contributed by atoms with Crippen molar-refractivity contribution < 1.29 is 10.2 Å². The minimum atomic E-state index is 0.0976. The van der Waals surface area contributed by atoms with Crippen LogP contribution in [0, 0.1) is 0 Å². The molecule has 0 saturated carbocycles. The van der Waals surface area contributed by atoms with E-state index in [9.17, 15) is 10.2 Å². The molecule has 0 aliphatic rings. The average molecular weight is 189 g/mol. The number of hydrogen-bond acceptors (Lipinski definition) is 3. The molecule has 2 N–H and O–H groups in total. The van der Waals surface area contributed by atoms with Gasteiger partial charge in [0.2, 0.25) is 0 Å². The second kappa shape index (κ2) is 3.18. The minimum absolute atomic E-state index is 0.0976. The van der Waals surface area contributed by atoms with Gasteiger partial charge in [0.15, 0.2) is 0 Å². The fraction of sp³-hybridized carbons (Fsp3) is 0.182. The van der Waals surface area contributed by atoms with Gasteiger partial charge in [0, 0.05) is 11.6 Å². The zero-order chi connectivity index (χ0) is 10.1. The number of pyridine rings is 1. The number of aryl methyl sites for hydroxylation is 1. The molecule has 0 bridgehead atoms. The van der Waals surface area contributed by atoms with Crippen molar-refractivity contribution in [1.82, 2.24) is 4.98 Å². The maximum Gasteiger partial charge on any atom is 0.142 e. The summed E-state index contributed by atoms with van der Waals surface area (Å²) in [6, 6.07) is 4.76. The van der Waals surface area contributed by atoms with Crippen molar-refractivity contribution in [3.8, 4) is 11.5 Å². The molecule has 3 heteroatoms. The Morgan fingerprint density at radius 1 is 1.21 bits per heavy atom. The monoisotopic (exact) mass is 189 g/mol. The van der Waals surface area contributed by atoms with E-state index in [4.69, 9.17) is 0 Å². The zero-order valence-corrected chi connectivity index (χ0v) is 7.86. The summed E-state index contributed by atoms with van der Waals surface area (Å²) in [7, 11) is 0. The van der Waals surface area contributed by atoms with Crippen LogP contribution in [0.25, 0.3) is 10.9 Å². The molecule has 0 aliphatic heterocycles. The van der Waals surface area contributed by atoms with E-state index in [2.05, 4.69) is 4.98 Å². The summed E-state index contributed by atoms with van der Waals surface area (Å²) >= 11 is 0. The second-order valence-electron chi connectivity index (χ2n) is 3.20. The first-order valence-corrected chi connectivity index (χ1v) is 4.52. The Kier molecular flexibility index (Phi) is 2.00. The fourth-order valence-corrected chi connectivity index (χ4v) is 1.43. The van der Waals surface area contributed by atoms with Gasteiger partial charge in [-0.2, -0.15) is 0 Å². The number of benzene rings is 1. The molecular weight excluding hydrogens is 178 g/mol. The molecule has 0 radical (unpaired) electrons. The van der Waals surface area contributed by atoms with E-state index < -0.39 is 0 Å². The van der Waals surface area contributed by atoms with Crippen molar-refractivity contribution in [3.05, 3.63) is 30.0 Å². The second-order valence-corrected chi connectivity index (χ2v) is 3.20. The Labute approximate surface area is 81.7 Å². The third-order valence-corrected chi connectivity index (χ3v) is 2.27. The summed E-state index contributed by atoms with van der Waals surface area (Å²) in [5.74, 6) is 0.251. The first-order chi connectivity index (χ1) is 6.72. The molecule has 0 aliphatic carbocycles. The molecule has 0 atom stereocenters. The number of hydrogen-bond donors (Lipinski definition) is 2. The molecule has 1 heterocycles. The van der Waals surface area contributed by atoms with Crippen molar-refractivity contribution in [1.29, 1.82) is 0 Å². The highest BCUT2D eigenvalue weighted by Gasteiger charge is 2.05. The van der Waals surface area contributed by atoms with Crippen LogP contribution in [0.5, 0.6) is 11.5 Å². The van der Waals surface area contributed by atoms with E-state index in [1.54, 1.807) is 6.20 Å². The molecule has 0 fully saturated rings. The van der Waals surface area contributed by atoms with Crippen LogP contribution in [0.4, 0.5) is 0 Å². The number of phenolic OH excluding ortho intramolecular Hbond substituents is 2. The smallest absolute Gasteiger partial charge is 0.142 e. The van der Waals surface area contributed by atoms with E-state index in [0.29, 0.717) is 10.9 Å². The Morgan fingerprint density at radius 2 is 1.93 bits per heavy atom. The minimum Gasteiger partial charge on any atom is -0.507 e. The topological polar surface area (TPSA) is 53.4 Å². The summed E-state index contributed by atoms with van der Waals surface area (Å²) in [4.78, 5) is 4.10. The van der Waals surface area contributed by atoms with Crippen molar-refractivity contribution >= 4 is 10.9 Å². The standard InChI is InChI=1S/C11H11NO2/c1-2-7-5-8-9(13)3-4-10(14)11(8)12-6-7/h3-6,13-14H,2H2,1H3. The lowest BCUT2D eigenvalue weighted by Gasteiger charge is -2.04. The molecule has 1 aromatic carbocycles. The van der Waals surface area contributed by atoms with Crippen LogP contribution in [0.3, 0.4) is 0 Å². The largest absolute Gasteiger partial charge is 0.507 e. The number of aromatic hydroxyl groups is 2. The van der Waals surface area contributed by atoms with Gasteiger partial charge in [-0.05, 0) is 30.2 Å². The van der Waals surface area contributed by atoms with Gasteiger partial charge in [0.25, 0.3) is 0 Å². The molecule has 0 unspecified atom stereocenters. The Balaban J connectivity index is 2.80. The summed E-state index contributed by atoms with van der Waals surface area (Å²) in [5.41, 5.74) is 1.49. The van der Waals surface area contributed by atoms with Gasteiger partial charge in [-0.1, -0.05) is 6.92 Å².